The third kappa shape index (κ3) is 10.9. The molecule has 2 N–H and O–H groups in total. The van der Waals surface area contributed by atoms with Crippen LogP contribution in [-0.2, 0) is 26.2 Å². The minimum atomic E-state index is 0. The van der Waals surface area contributed by atoms with Crippen molar-refractivity contribution in [3.05, 3.63) is 73.8 Å². The number of aromatic hydroxyl groups is 2. The van der Waals surface area contributed by atoms with Gasteiger partial charge in [0, 0.05) is 26.2 Å². The van der Waals surface area contributed by atoms with E-state index in [-0.39, 0.29) is 26.2 Å². The number of phenolic OH excluding ortho intramolecular Hbond substituents is 2. The van der Waals surface area contributed by atoms with Gasteiger partial charge in [-0.25, -0.2) is 0 Å². The van der Waals surface area contributed by atoms with Crippen LogP contribution in [0.3, 0.4) is 0 Å². The van der Waals surface area contributed by atoms with Crippen LogP contribution in [0.1, 0.15) is 0 Å². The largest absolute Gasteiger partial charge is 0.508 e. The Bertz CT molecular complexity index is 325. The van der Waals surface area contributed by atoms with E-state index in [1.54, 1.807) is 48.5 Å². The fourth-order valence-corrected chi connectivity index (χ4v) is 0.856. The van der Waals surface area contributed by atoms with Gasteiger partial charge in [-0.3, -0.25) is 0 Å². The smallest absolute Gasteiger partial charge is 0.115 e. The first-order valence-electron chi connectivity index (χ1n) is 4.77. The van der Waals surface area contributed by atoms with Crippen molar-refractivity contribution in [3.8, 4) is 11.5 Å². The van der Waals surface area contributed by atoms with Crippen molar-refractivity contribution in [2.45, 2.75) is 0 Å². The zero-order valence-electron chi connectivity index (χ0n) is 9.58. The van der Waals surface area contributed by atoms with Crippen LogP contribution in [0.15, 0.2) is 73.8 Å². The zero-order chi connectivity index (χ0) is 12.2. The second kappa shape index (κ2) is 12.7. The molecule has 88 valence electrons. The van der Waals surface area contributed by atoms with Gasteiger partial charge in [-0.05, 0) is 24.3 Å². The van der Waals surface area contributed by atoms with E-state index < -0.39 is 0 Å². The SMILES string of the molecule is C=C.Oc1ccccc1.Oc1ccccc1.[Zr]. The van der Waals surface area contributed by atoms with E-state index >= 15 is 0 Å². The standard InChI is InChI=1S/2C6H6O.C2H4.Zr/c2*7-6-4-2-1-3-5-6;1-2;/h2*1-5,7H;1-2H2;. The molecule has 17 heavy (non-hydrogen) atoms. The average Bonchev–Trinajstić information content (AvgIpc) is 2.34. The minimum Gasteiger partial charge on any atom is -0.508 e. The number of hydrogen-bond donors (Lipinski definition) is 2. The summed E-state index contributed by atoms with van der Waals surface area (Å²) in [5, 5.41) is 17.3. The van der Waals surface area contributed by atoms with Crippen LogP contribution in [0.2, 0.25) is 0 Å². The first-order chi connectivity index (χ1) is 7.79. The number of phenols is 2. The molecule has 0 aromatic heterocycles. The molecule has 0 spiro atoms. The number of rotatable bonds is 0. The van der Waals surface area contributed by atoms with Crippen molar-refractivity contribution < 1.29 is 36.4 Å². The fourth-order valence-electron chi connectivity index (χ4n) is 0.856. The maximum atomic E-state index is 8.63. The molecular weight excluding hydrogens is 291 g/mol. The van der Waals surface area contributed by atoms with Crippen molar-refractivity contribution >= 4 is 0 Å². The Kier molecular flexibility index (Phi) is 13.5. The molecule has 0 fully saturated rings. The van der Waals surface area contributed by atoms with Gasteiger partial charge in [0.05, 0.1) is 0 Å². The quantitative estimate of drug-likeness (QED) is 0.730. The van der Waals surface area contributed by atoms with Crippen LogP contribution >= 0.6 is 0 Å². The number of para-hydroxylation sites is 2. The van der Waals surface area contributed by atoms with Gasteiger partial charge in [0.1, 0.15) is 11.5 Å². The second-order valence-corrected chi connectivity index (χ2v) is 2.67. The normalized spacial score (nSPS) is 7.29. The molecule has 0 aliphatic heterocycles. The molecule has 0 unspecified atom stereocenters. The van der Waals surface area contributed by atoms with Crippen LogP contribution in [0.25, 0.3) is 0 Å². The molecule has 0 amide bonds. The van der Waals surface area contributed by atoms with E-state index in [2.05, 4.69) is 13.2 Å². The molecule has 2 aromatic rings. The van der Waals surface area contributed by atoms with Gasteiger partial charge in [-0.1, -0.05) is 36.4 Å². The molecule has 0 atom stereocenters. The Morgan fingerprint density at radius 1 is 0.588 bits per heavy atom. The van der Waals surface area contributed by atoms with E-state index in [0.29, 0.717) is 11.5 Å². The molecule has 0 saturated heterocycles. The van der Waals surface area contributed by atoms with E-state index in [4.69, 9.17) is 10.2 Å². The van der Waals surface area contributed by atoms with Gasteiger partial charge in [-0.2, -0.15) is 0 Å². The van der Waals surface area contributed by atoms with E-state index in [0.717, 1.165) is 0 Å². The first-order valence-corrected chi connectivity index (χ1v) is 4.77. The monoisotopic (exact) mass is 306 g/mol. The summed E-state index contributed by atoms with van der Waals surface area (Å²) in [6.07, 6.45) is 0. The topological polar surface area (TPSA) is 40.5 Å². The fraction of sp³-hybridized carbons (Fsp3) is 0. The molecule has 3 heteroatoms. The van der Waals surface area contributed by atoms with Crippen molar-refractivity contribution in [1.82, 2.24) is 0 Å². The zero-order valence-corrected chi connectivity index (χ0v) is 12.0. The summed E-state index contributed by atoms with van der Waals surface area (Å²) < 4.78 is 0. The summed E-state index contributed by atoms with van der Waals surface area (Å²) in [6, 6.07) is 17.4. The summed E-state index contributed by atoms with van der Waals surface area (Å²) in [6.45, 7) is 6.00. The molecule has 2 aromatic carbocycles. The van der Waals surface area contributed by atoms with Crippen LogP contribution in [0.5, 0.6) is 11.5 Å². The Hall–Kier alpha value is -1.34. The molecule has 0 radical (unpaired) electrons. The summed E-state index contributed by atoms with van der Waals surface area (Å²) in [5.74, 6) is 0.644. The number of benzene rings is 2. The maximum Gasteiger partial charge on any atom is 0.115 e. The summed E-state index contributed by atoms with van der Waals surface area (Å²) in [4.78, 5) is 0. The van der Waals surface area contributed by atoms with Crippen molar-refractivity contribution in [3.63, 3.8) is 0 Å². The van der Waals surface area contributed by atoms with Crippen LogP contribution in [0.4, 0.5) is 0 Å². The third-order valence-corrected chi connectivity index (χ3v) is 1.51. The van der Waals surface area contributed by atoms with E-state index in [1.807, 2.05) is 12.1 Å². The molecule has 2 rings (SSSR count). The van der Waals surface area contributed by atoms with E-state index in [1.165, 1.54) is 0 Å². The molecular formula is C14H16O2Zr. The molecule has 0 bridgehead atoms. The van der Waals surface area contributed by atoms with Crippen LogP contribution in [-0.4, -0.2) is 10.2 Å². The molecule has 0 aliphatic carbocycles. The third-order valence-electron chi connectivity index (χ3n) is 1.51. The Balaban J connectivity index is 0. The van der Waals surface area contributed by atoms with Crippen molar-refractivity contribution in [2.24, 2.45) is 0 Å². The van der Waals surface area contributed by atoms with Crippen LogP contribution < -0.4 is 0 Å². The Morgan fingerprint density at radius 2 is 0.824 bits per heavy atom. The molecule has 0 heterocycles. The van der Waals surface area contributed by atoms with Crippen molar-refractivity contribution in [2.75, 3.05) is 0 Å². The van der Waals surface area contributed by atoms with Gasteiger partial charge < -0.3 is 10.2 Å². The van der Waals surface area contributed by atoms with Crippen molar-refractivity contribution in [1.29, 1.82) is 0 Å². The van der Waals surface area contributed by atoms with Gasteiger partial charge in [0.25, 0.3) is 0 Å². The Morgan fingerprint density at radius 3 is 0.941 bits per heavy atom. The average molecular weight is 308 g/mol. The summed E-state index contributed by atoms with van der Waals surface area (Å²) >= 11 is 0. The predicted octanol–water partition coefficient (Wildman–Crippen LogP) is 3.58. The van der Waals surface area contributed by atoms with E-state index in [9.17, 15) is 0 Å². The first kappa shape index (κ1) is 18.0. The predicted molar refractivity (Wildman–Crippen MR) is 67.5 cm³/mol. The van der Waals surface area contributed by atoms with Gasteiger partial charge in [0.2, 0.25) is 0 Å². The van der Waals surface area contributed by atoms with Gasteiger partial charge in [0.15, 0.2) is 0 Å². The summed E-state index contributed by atoms with van der Waals surface area (Å²) in [7, 11) is 0. The minimum absolute atomic E-state index is 0. The van der Waals surface area contributed by atoms with Crippen LogP contribution in [0, 0.1) is 0 Å². The summed E-state index contributed by atoms with van der Waals surface area (Å²) in [5.41, 5.74) is 0. The maximum absolute atomic E-state index is 8.63. The molecule has 0 aliphatic rings. The van der Waals surface area contributed by atoms with Gasteiger partial charge >= 0.3 is 0 Å². The molecule has 0 saturated carbocycles. The number of hydrogen-bond acceptors (Lipinski definition) is 2. The molecule has 2 nitrogen and oxygen atoms in total. The van der Waals surface area contributed by atoms with Gasteiger partial charge in [-0.15, -0.1) is 13.2 Å². The Labute approximate surface area is 121 Å². The second-order valence-electron chi connectivity index (χ2n) is 2.67.